The summed E-state index contributed by atoms with van der Waals surface area (Å²) in [7, 11) is 0. The standard InChI is InChI=1S/C14H24N2O2/c1-12(2)16(9-10-17)13(18)14(11-15)7-5-3-4-6-8-14/h12,17H,3-10H2,1-2H3. The molecule has 0 bridgehead atoms. The smallest absolute Gasteiger partial charge is 0.243 e. The molecule has 0 radical (unpaired) electrons. The summed E-state index contributed by atoms with van der Waals surface area (Å²) in [6.45, 7) is 4.12. The summed E-state index contributed by atoms with van der Waals surface area (Å²) in [5.41, 5.74) is -0.851. The summed E-state index contributed by atoms with van der Waals surface area (Å²) in [4.78, 5) is 14.3. The van der Waals surface area contributed by atoms with Crippen molar-refractivity contribution in [1.29, 1.82) is 5.26 Å². The summed E-state index contributed by atoms with van der Waals surface area (Å²) in [5.74, 6) is -0.0871. The van der Waals surface area contributed by atoms with Crippen LogP contribution < -0.4 is 0 Å². The Balaban J connectivity index is 2.91. The number of rotatable bonds is 4. The van der Waals surface area contributed by atoms with Crippen LogP contribution >= 0.6 is 0 Å². The molecule has 0 unspecified atom stereocenters. The van der Waals surface area contributed by atoms with Gasteiger partial charge in [0.15, 0.2) is 0 Å². The van der Waals surface area contributed by atoms with Crippen molar-refractivity contribution in [3.05, 3.63) is 0 Å². The number of hydrogen-bond acceptors (Lipinski definition) is 3. The normalized spacial score (nSPS) is 19.1. The fourth-order valence-electron chi connectivity index (χ4n) is 2.68. The van der Waals surface area contributed by atoms with Gasteiger partial charge in [-0.3, -0.25) is 4.79 Å². The Morgan fingerprint density at radius 3 is 2.28 bits per heavy atom. The highest BCUT2D eigenvalue weighted by Gasteiger charge is 2.42. The Labute approximate surface area is 110 Å². The highest BCUT2D eigenvalue weighted by atomic mass is 16.3. The van der Waals surface area contributed by atoms with Crippen LogP contribution in [0.5, 0.6) is 0 Å². The molecule has 1 amide bonds. The molecule has 0 aliphatic heterocycles. The second kappa shape index (κ2) is 6.75. The van der Waals surface area contributed by atoms with Gasteiger partial charge in [0.2, 0.25) is 5.91 Å². The fraction of sp³-hybridized carbons (Fsp3) is 0.857. The molecule has 0 aromatic carbocycles. The molecule has 4 heteroatoms. The maximum Gasteiger partial charge on any atom is 0.243 e. The average Bonchev–Trinajstić information content (AvgIpc) is 2.61. The predicted molar refractivity (Wildman–Crippen MR) is 69.7 cm³/mol. The second-order valence-electron chi connectivity index (χ2n) is 5.42. The number of aliphatic hydroxyl groups excluding tert-OH is 1. The van der Waals surface area contributed by atoms with Gasteiger partial charge in [-0.25, -0.2) is 0 Å². The Morgan fingerprint density at radius 2 is 1.89 bits per heavy atom. The van der Waals surface area contributed by atoms with Crippen molar-refractivity contribution < 1.29 is 9.90 Å². The lowest BCUT2D eigenvalue weighted by Gasteiger charge is -2.34. The zero-order valence-electron chi connectivity index (χ0n) is 11.5. The summed E-state index contributed by atoms with van der Waals surface area (Å²) in [6.07, 6.45) is 5.44. The molecule has 4 nitrogen and oxygen atoms in total. The molecule has 0 aromatic heterocycles. The van der Waals surface area contributed by atoms with E-state index in [-0.39, 0.29) is 18.6 Å². The molecule has 1 saturated carbocycles. The van der Waals surface area contributed by atoms with Crippen LogP contribution in [0.15, 0.2) is 0 Å². The van der Waals surface area contributed by atoms with Crippen LogP contribution in [0.25, 0.3) is 0 Å². The van der Waals surface area contributed by atoms with Crippen LogP contribution in [0.2, 0.25) is 0 Å². The third kappa shape index (κ3) is 3.23. The zero-order chi connectivity index (χ0) is 13.6. The molecule has 18 heavy (non-hydrogen) atoms. The first-order chi connectivity index (χ1) is 8.57. The number of carbonyl (C=O) groups is 1. The minimum absolute atomic E-state index is 0.0260. The summed E-state index contributed by atoms with van der Waals surface area (Å²) in [6, 6.07) is 2.30. The predicted octanol–water partition coefficient (Wildman–Crippen LogP) is 2.08. The molecule has 1 rings (SSSR count). The van der Waals surface area contributed by atoms with E-state index in [4.69, 9.17) is 5.11 Å². The van der Waals surface area contributed by atoms with Crippen LogP contribution in [0, 0.1) is 16.7 Å². The fourth-order valence-corrected chi connectivity index (χ4v) is 2.68. The minimum atomic E-state index is -0.851. The van der Waals surface area contributed by atoms with E-state index in [1.54, 1.807) is 4.90 Å². The van der Waals surface area contributed by atoms with E-state index in [9.17, 15) is 10.1 Å². The van der Waals surface area contributed by atoms with Crippen molar-refractivity contribution >= 4 is 5.91 Å². The number of nitrogens with zero attached hydrogens (tertiary/aromatic N) is 2. The molecular formula is C14H24N2O2. The van der Waals surface area contributed by atoms with Crippen molar-refractivity contribution in [3.8, 4) is 6.07 Å². The van der Waals surface area contributed by atoms with Gasteiger partial charge in [0.05, 0.1) is 12.7 Å². The molecule has 0 atom stereocenters. The first-order valence-corrected chi connectivity index (χ1v) is 6.90. The Morgan fingerprint density at radius 1 is 1.33 bits per heavy atom. The van der Waals surface area contributed by atoms with Gasteiger partial charge >= 0.3 is 0 Å². The summed E-state index contributed by atoms with van der Waals surface area (Å²) >= 11 is 0. The van der Waals surface area contributed by atoms with E-state index in [0.717, 1.165) is 25.7 Å². The van der Waals surface area contributed by atoms with Crippen molar-refractivity contribution in [3.63, 3.8) is 0 Å². The lowest BCUT2D eigenvalue weighted by atomic mass is 9.80. The molecular weight excluding hydrogens is 228 g/mol. The molecule has 0 aromatic rings. The molecule has 0 heterocycles. The Bertz CT molecular complexity index is 312. The largest absolute Gasteiger partial charge is 0.395 e. The summed E-state index contributed by atoms with van der Waals surface area (Å²) in [5, 5.41) is 18.5. The van der Waals surface area contributed by atoms with Crippen molar-refractivity contribution in [2.75, 3.05) is 13.2 Å². The van der Waals surface area contributed by atoms with Crippen LogP contribution in [0.4, 0.5) is 0 Å². The first kappa shape index (κ1) is 15.0. The summed E-state index contributed by atoms with van der Waals surface area (Å²) < 4.78 is 0. The SMILES string of the molecule is CC(C)N(CCO)C(=O)C1(C#N)CCCCCC1. The van der Waals surface area contributed by atoms with Gasteiger partial charge < -0.3 is 10.0 Å². The molecule has 102 valence electrons. The van der Waals surface area contributed by atoms with Gasteiger partial charge in [0.25, 0.3) is 0 Å². The first-order valence-electron chi connectivity index (χ1n) is 6.90. The van der Waals surface area contributed by atoms with Gasteiger partial charge in [-0.2, -0.15) is 5.26 Å². The van der Waals surface area contributed by atoms with E-state index >= 15 is 0 Å². The Hall–Kier alpha value is -1.08. The second-order valence-corrected chi connectivity index (χ2v) is 5.42. The molecule has 1 aliphatic rings. The third-order valence-corrected chi connectivity index (χ3v) is 3.81. The maximum atomic E-state index is 12.6. The van der Waals surface area contributed by atoms with Crippen LogP contribution in [0.1, 0.15) is 52.4 Å². The quantitative estimate of drug-likeness (QED) is 0.779. The molecule has 1 fully saturated rings. The van der Waals surface area contributed by atoms with Crippen molar-refractivity contribution in [1.82, 2.24) is 4.90 Å². The lowest BCUT2D eigenvalue weighted by Crippen LogP contribution is -2.47. The van der Waals surface area contributed by atoms with Crippen molar-refractivity contribution in [2.45, 2.75) is 58.4 Å². The monoisotopic (exact) mass is 252 g/mol. The van der Waals surface area contributed by atoms with E-state index < -0.39 is 5.41 Å². The minimum Gasteiger partial charge on any atom is -0.395 e. The van der Waals surface area contributed by atoms with Gasteiger partial charge in [-0.05, 0) is 26.7 Å². The zero-order valence-corrected chi connectivity index (χ0v) is 11.5. The average molecular weight is 252 g/mol. The van der Waals surface area contributed by atoms with Gasteiger partial charge in [-0.1, -0.05) is 25.7 Å². The molecule has 1 N–H and O–H groups in total. The van der Waals surface area contributed by atoms with E-state index in [1.165, 1.54) is 0 Å². The number of nitriles is 1. The molecule has 0 spiro atoms. The number of aliphatic hydroxyl groups is 1. The number of amides is 1. The van der Waals surface area contributed by atoms with Gasteiger partial charge in [-0.15, -0.1) is 0 Å². The molecule has 0 saturated heterocycles. The number of carbonyl (C=O) groups excluding carboxylic acids is 1. The highest BCUT2D eigenvalue weighted by molar-refractivity contribution is 5.85. The topological polar surface area (TPSA) is 64.3 Å². The highest BCUT2D eigenvalue weighted by Crippen LogP contribution is 2.36. The van der Waals surface area contributed by atoms with Crippen LogP contribution in [0.3, 0.4) is 0 Å². The van der Waals surface area contributed by atoms with Gasteiger partial charge in [0.1, 0.15) is 5.41 Å². The van der Waals surface area contributed by atoms with E-state index in [1.807, 2.05) is 13.8 Å². The van der Waals surface area contributed by atoms with Crippen molar-refractivity contribution in [2.24, 2.45) is 5.41 Å². The lowest BCUT2D eigenvalue weighted by molar-refractivity contribution is -0.142. The van der Waals surface area contributed by atoms with Gasteiger partial charge in [0, 0.05) is 12.6 Å². The number of hydrogen-bond donors (Lipinski definition) is 1. The molecule has 1 aliphatic carbocycles. The van der Waals surface area contributed by atoms with Crippen LogP contribution in [-0.2, 0) is 4.79 Å². The third-order valence-electron chi connectivity index (χ3n) is 3.81. The van der Waals surface area contributed by atoms with E-state index in [0.29, 0.717) is 19.4 Å². The van der Waals surface area contributed by atoms with E-state index in [2.05, 4.69) is 6.07 Å². The van der Waals surface area contributed by atoms with Crippen LogP contribution in [-0.4, -0.2) is 35.1 Å². The Kier molecular flexibility index (Phi) is 5.61. The maximum absolute atomic E-state index is 12.6.